The normalized spacial score (nSPS) is 13.3. The first-order valence-corrected chi connectivity index (χ1v) is 41.3. The molecule has 0 heterocycles. The van der Waals surface area contributed by atoms with Gasteiger partial charge < -0.3 is 28.5 Å². The summed E-state index contributed by atoms with van der Waals surface area (Å²) in [6.07, 6.45) is 112. The highest BCUT2D eigenvalue weighted by atomic mass is 16.7. The zero-order valence-corrected chi connectivity index (χ0v) is 65.1. The second-order valence-corrected chi connectivity index (χ2v) is 28.7. The second kappa shape index (κ2) is 79.1. The van der Waals surface area contributed by atoms with Gasteiger partial charge in [0, 0.05) is 12.8 Å². The number of hydrogen-bond acceptors (Lipinski definition) is 7. The van der Waals surface area contributed by atoms with Crippen LogP contribution in [0, 0.1) is 0 Å². The van der Waals surface area contributed by atoms with Crippen molar-refractivity contribution in [1.82, 2.24) is 0 Å². The summed E-state index contributed by atoms with van der Waals surface area (Å²) < 4.78 is 23.1. The van der Waals surface area contributed by atoms with E-state index < -0.39 is 18.4 Å². The predicted octanol–water partition coefficient (Wildman–Crippen LogP) is 26.8. The summed E-state index contributed by atoms with van der Waals surface area (Å²) in [5.41, 5.74) is 0. The molecule has 0 rings (SSSR count). The molecule has 9 heteroatoms. The zero-order valence-electron chi connectivity index (χ0n) is 65.1. The molecule has 0 aromatic carbocycles. The van der Waals surface area contributed by atoms with Crippen molar-refractivity contribution in [1.29, 1.82) is 0 Å². The third kappa shape index (κ3) is 80.6. The van der Waals surface area contributed by atoms with E-state index in [0.29, 0.717) is 17.4 Å². The first-order valence-electron chi connectivity index (χ1n) is 41.3. The van der Waals surface area contributed by atoms with Crippen LogP contribution in [0.2, 0.25) is 0 Å². The summed E-state index contributed by atoms with van der Waals surface area (Å²) in [6, 6.07) is 0. The van der Waals surface area contributed by atoms with E-state index in [9.17, 15) is 19.5 Å². The molecule has 0 aliphatic heterocycles. The maximum Gasteiger partial charge on any atom is 0.361 e. The Morgan fingerprint density at radius 3 is 0.808 bits per heavy atom. The molecule has 0 spiro atoms. The molecule has 568 valence electrons. The number of rotatable bonds is 76. The molecule has 0 aromatic heterocycles. The van der Waals surface area contributed by atoms with Gasteiger partial charge in [-0.05, 0) is 109 Å². The van der Waals surface area contributed by atoms with Gasteiger partial charge in [-0.2, -0.15) is 0 Å². The monoisotopic (exact) mass is 1380 g/mol. The fourth-order valence-corrected chi connectivity index (χ4v) is 11.7. The Morgan fingerprint density at radius 1 is 0.303 bits per heavy atom. The summed E-state index contributed by atoms with van der Waals surface area (Å²) in [5.74, 6) is -1.99. The summed E-state index contributed by atoms with van der Waals surface area (Å²) >= 11 is 0. The van der Waals surface area contributed by atoms with Gasteiger partial charge in [0.05, 0.1) is 34.4 Å². The lowest BCUT2D eigenvalue weighted by molar-refractivity contribution is -0.870. The van der Waals surface area contributed by atoms with E-state index in [1.54, 1.807) is 0 Å². The fourth-order valence-electron chi connectivity index (χ4n) is 11.7. The Balaban J connectivity index is 3.99. The van der Waals surface area contributed by atoms with Crippen molar-refractivity contribution in [3.63, 3.8) is 0 Å². The predicted molar refractivity (Wildman–Crippen MR) is 428 cm³/mol. The smallest absolute Gasteiger partial charge is 0.361 e. The number of unbranched alkanes of at least 4 members (excludes halogenated alkanes) is 39. The highest BCUT2D eigenvalue weighted by molar-refractivity contribution is 5.71. The Hall–Kier alpha value is -4.57. The van der Waals surface area contributed by atoms with Gasteiger partial charge in [-0.1, -0.05) is 372 Å². The molecule has 0 aromatic rings. The zero-order chi connectivity index (χ0) is 71.8. The van der Waals surface area contributed by atoms with Crippen LogP contribution in [-0.2, 0) is 33.3 Å². The molecule has 0 aliphatic carbocycles. The first kappa shape index (κ1) is 94.4. The molecule has 1 N–H and O–H groups in total. The third-order valence-corrected chi connectivity index (χ3v) is 17.9. The van der Waals surface area contributed by atoms with Crippen molar-refractivity contribution in [2.75, 3.05) is 47.5 Å². The van der Waals surface area contributed by atoms with Crippen molar-refractivity contribution in [2.24, 2.45) is 0 Å². The standard InChI is InChI=1S/C90H155NO8/c1-6-8-10-12-14-16-18-20-22-24-26-28-30-32-34-36-38-40-41-42-43-44-45-46-47-49-51-53-55-57-59-61-63-65-67-69-71-73-75-77-79-81-88(93)99-86(85-98-90(89(94)95)96-83-82-91(3,4)5)84-97-87(92)80-78-76-74-72-70-68-66-64-62-60-58-56-54-52-50-48-39-37-35-33-31-29-27-25-23-21-19-17-15-13-11-9-7-2/h8-11,14-17,20-23,26-29,32,34,38,40,42-43,86,90H,6-7,12-13,18-19,24-25,30-31,33,35-37,39,41,44-85H2,1-5H3/p+1/b10-8-,11-9-,16-14-,17-15-,22-20-,23-21-,28-26-,29-27-,34-32-,40-38-,43-42-. The number of ether oxygens (including phenoxy) is 4. The first-order chi connectivity index (χ1) is 48.6. The number of aliphatic carboxylic acids is 1. The van der Waals surface area contributed by atoms with Crippen molar-refractivity contribution in [3.8, 4) is 0 Å². The van der Waals surface area contributed by atoms with Crippen molar-refractivity contribution in [3.05, 3.63) is 134 Å². The Kier molecular flexibility index (Phi) is 75.5. The van der Waals surface area contributed by atoms with E-state index >= 15 is 0 Å². The number of hydrogen-bond donors (Lipinski definition) is 1. The topological polar surface area (TPSA) is 108 Å². The van der Waals surface area contributed by atoms with E-state index in [-0.39, 0.29) is 38.2 Å². The summed E-state index contributed by atoms with van der Waals surface area (Å²) in [4.78, 5) is 37.8. The van der Waals surface area contributed by atoms with Gasteiger partial charge in [0.15, 0.2) is 6.10 Å². The number of carbonyl (C=O) groups excluding carboxylic acids is 2. The van der Waals surface area contributed by atoms with Crippen LogP contribution in [0.3, 0.4) is 0 Å². The number of likely N-dealkylation sites (N-methyl/N-ethyl adjacent to an activating group) is 1. The third-order valence-electron chi connectivity index (χ3n) is 17.9. The molecule has 2 atom stereocenters. The number of carbonyl (C=O) groups is 3. The summed E-state index contributed by atoms with van der Waals surface area (Å²) in [6.45, 7) is 4.69. The van der Waals surface area contributed by atoms with Crippen molar-refractivity contribution in [2.45, 2.75) is 373 Å². The van der Waals surface area contributed by atoms with Crippen LogP contribution in [0.1, 0.15) is 361 Å². The van der Waals surface area contributed by atoms with Gasteiger partial charge in [0.2, 0.25) is 0 Å². The summed E-state index contributed by atoms with van der Waals surface area (Å²) in [5, 5.41) is 9.78. The maximum absolute atomic E-state index is 13.0. The molecular formula is C90H156NO8+. The summed E-state index contributed by atoms with van der Waals surface area (Å²) in [7, 11) is 5.99. The molecule has 9 nitrogen and oxygen atoms in total. The largest absolute Gasteiger partial charge is 0.477 e. The van der Waals surface area contributed by atoms with E-state index in [0.717, 1.165) is 109 Å². The molecule has 0 amide bonds. The van der Waals surface area contributed by atoms with Crippen LogP contribution in [0.5, 0.6) is 0 Å². The maximum atomic E-state index is 13.0. The highest BCUT2D eigenvalue weighted by Crippen LogP contribution is 2.19. The van der Waals surface area contributed by atoms with Gasteiger partial charge in [0.1, 0.15) is 13.2 Å². The Bertz CT molecular complexity index is 2100. The molecule has 0 saturated carbocycles. The van der Waals surface area contributed by atoms with Crippen LogP contribution >= 0.6 is 0 Å². The molecule has 0 bridgehead atoms. The van der Waals surface area contributed by atoms with Crippen LogP contribution in [0.25, 0.3) is 0 Å². The van der Waals surface area contributed by atoms with Gasteiger partial charge >= 0.3 is 17.9 Å². The van der Waals surface area contributed by atoms with Gasteiger partial charge in [0.25, 0.3) is 6.29 Å². The minimum atomic E-state index is -1.51. The average molecular weight is 1380 g/mol. The lowest BCUT2D eigenvalue weighted by atomic mass is 10.0. The minimum Gasteiger partial charge on any atom is -0.477 e. The number of carboxylic acids is 1. The second-order valence-electron chi connectivity index (χ2n) is 28.7. The van der Waals surface area contributed by atoms with E-state index in [1.165, 1.54) is 225 Å². The van der Waals surface area contributed by atoms with Crippen LogP contribution < -0.4 is 0 Å². The number of carboxylic acid groups (broad SMARTS) is 1. The minimum absolute atomic E-state index is 0.182. The SMILES string of the molecule is CC/C=C\C/C=C\C/C=C\C/C=C\C/C=C\C/C=C\C/C=C\CCCCCCCCCCCCCCCCCCCCCC(=O)OC(COC(=O)CCCCCCCCCCCCCCCCCCCCCC/C=C\C/C=C\C/C=C\C/C=C\CC)COC(OCC[N+](C)(C)C)C(=O)O. The molecule has 0 saturated heterocycles. The lowest BCUT2D eigenvalue weighted by Crippen LogP contribution is -2.40. The van der Waals surface area contributed by atoms with Gasteiger partial charge in [-0.15, -0.1) is 0 Å². The average Bonchev–Trinajstić information content (AvgIpc) is 2.62. The van der Waals surface area contributed by atoms with Crippen molar-refractivity contribution < 1.29 is 42.9 Å². The van der Waals surface area contributed by atoms with E-state index in [4.69, 9.17) is 18.9 Å². The molecule has 99 heavy (non-hydrogen) atoms. The lowest BCUT2D eigenvalue weighted by Gasteiger charge is -2.25. The van der Waals surface area contributed by atoms with E-state index in [2.05, 4.69) is 148 Å². The number of allylic oxidation sites excluding steroid dienone is 22. The molecule has 0 radical (unpaired) electrons. The van der Waals surface area contributed by atoms with Crippen LogP contribution in [-0.4, -0.2) is 87.4 Å². The molecule has 0 fully saturated rings. The molecule has 0 aliphatic rings. The quantitative estimate of drug-likeness (QED) is 0.0211. The van der Waals surface area contributed by atoms with Crippen LogP contribution in [0.4, 0.5) is 0 Å². The fraction of sp³-hybridized carbons (Fsp3) is 0.722. The van der Waals surface area contributed by atoms with Gasteiger partial charge in [-0.3, -0.25) is 9.59 Å². The highest BCUT2D eigenvalue weighted by Gasteiger charge is 2.25. The van der Waals surface area contributed by atoms with E-state index in [1.807, 2.05) is 21.1 Å². The van der Waals surface area contributed by atoms with Gasteiger partial charge in [-0.25, -0.2) is 4.79 Å². The Morgan fingerprint density at radius 2 is 0.545 bits per heavy atom. The number of quaternary nitrogens is 1. The number of nitrogens with zero attached hydrogens (tertiary/aromatic N) is 1. The number of esters is 2. The van der Waals surface area contributed by atoms with Crippen LogP contribution in [0.15, 0.2) is 134 Å². The molecular weight excluding hydrogens is 1220 g/mol. The Labute approximate surface area is 611 Å². The molecule has 2 unspecified atom stereocenters. The van der Waals surface area contributed by atoms with Crippen molar-refractivity contribution >= 4 is 17.9 Å².